The van der Waals surface area contributed by atoms with Crippen molar-refractivity contribution in [2.75, 3.05) is 13.1 Å². The van der Waals surface area contributed by atoms with Crippen molar-refractivity contribution < 1.29 is 9.18 Å². The van der Waals surface area contributed by atoms with Gasteiger partial charge in [-0.2, -0.15) is 0 Å². The molecule has 1 aliphatic rings. The van der Waals surface area contributed by atoms with Crippen molar-refractivity contribution in [3.8, 4) is 0 Å². The third kappa shape index (κ3) is 3.37. The number of piperidine rings is 1. The minimum atomic E-state index is -0.510. The van der Waals surface area contributed by atoms with Crippen molar-refractivity contribution in [2.24, 2.45) is 0 Å². The maximum atomic E-state index is 13.9. The zero-order valence-corrected chi connectivity index (χ0v) is 13.6. The van der Waals surface area contributed by atoms with Gasteiger partial charge in [-0.3, -0.25) is 9.59 Å². The van der Waals surface area contributed by atoms with Crippen molar-refractivity contribution in [1.29, 1.82) is 0 Å². The van der Waals surface area contributed by atoms with Gasteiger partial charge in [0.1, 0.15) is 11.6 Å². The third-order valence-electron chi connectivity index (χ3n) is 4.37. The van der Waals surface area contributed by atoms with Gasteiger partial charge in [-0.05, 0) is 31.4 Å². The van der Waals surface area contributed by atoms with Gasteiger partial charge in [0.2, 0.25) is 0 Å². The van der Waals surface area contributed by atoms with E-state index in [0.29, 0.717) is 25.3 Å². The summed E-state index contributed by atoms with van der Waals surface area (Å²) < 4.78 is 13.9. The summed E-state index contributed by atoms with van der Waals surface area (Å²) in [6, 6.07) is 7.50. The molecule has 0 unspecified atom stereocenters. The van der Waals surface area contributed by atoms with Gasteiger partial charge in [-0.25, -0.2) is 9.37 Å². The summed E-state index contributed by atoms with van der Waals surface area (Å²) in [5.74, 6) is -0.241. The molecule has 126 valence electrons. The molecule has 1 amide bonds. The summed E-state index contributed by atoms with van der Waals surface area (Å²) in [7, 11) is 0. The largest absolute Gasteiger partial charge is 0.338 e. The third-order valence-corrected chi connectivity index (χ3v) is 4.37. The van der Waals surface area contributed by atoms with Crippen LogP contribution in [-0.4, -0.2) is 33.9 Å². The number of H-pyrrole nitrogens is 1. The number of aromatic amines is 1. The van der Waals surface area contributed by atoms with Gasteiger partial charge in [0, 0.05) is 30.8 Å². The van der Waals surface area contributed by atoms with E-state index in [9.17, 15) is 14.0 Å². The topological polar surface area (TPSA) is 66.1 Å². The summed E-state index contributed by atoms with van der Waals surface area (Å²) >= 11 is 0. The van der Waals surface area contributed by atoms with Crippen LogP contribution in [0.4, 0.5) is 4.39 Å². The van der Waals surface area contributed by atoms with Crippen LogP contribution in [0.25, 0.3) is 0 Å². The number of hydrogen-bond acceptors (Lipinski definition) is 3. The van der Waals surface area contributed by atoms with E-state index < -0.39 is 5.82 Å². The van der Waals surface area contributed by atoms with Gasteiger partial charge in [0.25, 0.3) is 11.5 Å². The highest BCUT2D eigenvalue weighted by Crippen LogP contribution is 2.25. The number of rotatable bonds is 3. The quantitative estimate of drug-likeness (QED) is 0.941. The summed E-state index contributed by atoms with van der Waals surface area (Å²) in [5.41, 5.74) is 0.655. The summed E-state index contributed by atoms with van der Waals surface area (Å²) in [4.78, 5) is 33.3. The highest BCUT2D eigenvalue weighted by atomic mass is 19.1. The van der Waals surface area contributed by atoms with E-state index in [1.54, 1.807) is 17.0 Å². The number of benzene rings is 1. The Hall–Kier alpha value is -2.50. The predicted molar refractivity (Wildman–Crippen MR) is 88.5 cm³/mol. The highest BCUT2D eigenvalue weighted by Gasteiger charge is 2.28. The van der Waals surface area contributed by atoms with Crippen LogP contribution in [0.15, 0.2) is 35.1 Å². The zero-order valence-electron chi connectivity index (χ0n) is 13.6. The minimum Gasteiger partial charge on any atom is -0.338 e. The fourth-order valence-electron chi connectivity index (χ4n) is 3.09. The van der Waals surface area contributed by atoms with Crippen molar-refractivity contribution in [3.63, 3.8) is 0 Å². The van der Waals surface area contributed by atoms with Crippen molar-refractivity contribution in [1.82, 2.24) is 14.9 Å². The van der Waals surface area contributed by atoms with Crippen LogP contribution in [0.3, 0.4) is 0 Å². The number of nitrogens with one attached hydrogen (secondary N) is 1. The van der Waals surface area contributed by atoms with Crippen LogP contribution in [0.1, 0.15) is 47.6 Å². The molecule has 2 aromatic rings. The average molecular weight is 329 g/mol. The van der Waals surface area contributed by atoms with Crippen LogP contribution < -0.4 is 5.56 Å². The smallest absolute Gasteiger partial charge is 0.256 e. The molecule has 0 saturated carbocycles. The molecule has 0 bridgehead atoms. The van der Waals surface area contributed by atoms with E-state index in [0.717, 1.165) is 18.5 Å². The molecule has 1 saturated heterocycles. The number of nitrogens with zero attached hydrogens (tertiary/aromatic N) is 2. The number of likely N-dealkylation sites (tertiary alicyclic amines) is 1. The molecule has 1 aliphatic heterocycles. The van der Waals surface area contributed by atoms with E-state index >= 15 is 0 Å². The summed E-state index contributed by atoms with van der Waals surface area (Å²) in [5, 5.41) is 0. The van der Waals surface area contributed by atoms with Gasteiger partial charge in [0.05, 0.1) is 5.56 Å². The molecule has 3 rings (SSSR count). The Bertz CT molecular complexity index is 803. The number of aryl methyl sites for hydroxylation is 1. The van der Waals surface area contributed by atoms with Crippen molar-refractivity contribution >= 4 is 5.91 Å². The number of hydrogen-bond donors (Lipinski definition) is 1. The summed E-state index contributed by atoms with van der Waals surface area (Å²) in [6.07, 6.45) is 2.32. The lowest BCUT2D eigenvalue weighted by Gasteiger charge is -2.32. The molecule has 1 aromatic carbocycles. The highest BCUT2D eigenvalue weighted by molar-refractivity contribution is 5.94. The van der Waals surface area contributed by atoms with Gasteiger partial charge in [-0.1, -0.05) is 19.1 Å². The van der Waals surface area contributed by atoms with Gasteiger partial charge in [0.15, 0.2) is 0 Å². The minimum absolute atomic E-state index is 0.0336. The first-order valence-corrected chi connectivity index (χ1v) is 8.22. The standard InChI is InChI=1S/C18H20FN3O2/c1-2-13-10-16(23)21-17(20-13)12-6-5-9-22(11-12)18(24)14-7-3-4-8-15(14)19/h3-4,7-8,10,12H,2,5-6,9,11H2,1H3,(H,20,21,23)/t12-/m1/s1. The molecular weight excluding hydrogens is 309 g/mol. The molecule has 6 heteroatoms. The summed E-state index contributed by atoms with van der Waals surface area (Å²) in [6.45, 7) is 2.96. The van der Waals surface area contributed by atoms with Gasteiger partial charge < -0.3 is 9.88 Å². The van der Waals surface area contributed by atoms with Crippen LogP contribution in [0.5, 0.6) is 0 Å². The van der Waals surface area contributed by atoms with E-state index in [1.807, 2.05) is 6.92 Å². The SMILES string of the molecule is CCc1cc(=O)[nH]c([C@@H]2CCCN(C(=O)c3ccccc3F)C2)n1. The average Bonchev–Trinajstić information content (AvgIpc) is 2.61. The molecule has 2 heterocycles. The molecule has 1 atom stereocenters. The number of aromatic nitrogens is 2. The van der Waals surface area contributed by atoms with Crippen LogP contribution in [-0.2, 0) is 6.42 Å². The van der Waals surface area contributed by atoms with Crippen LogP contribution in [0.2, 0.25) is 0 Å². The Morgan fingerprint density at radius 2 is 2.21 bits per heavy atom. The van der Waals surface area contributed by atoms with Crippen molar-refractivity contribution in [3.05, 3.63) is 63.6 Å². The van der Waals surface area contributed by atoms with E-state index in [2.05, 4.69) is 9.97 Å². The lowest BCUT2D eigenvalue weighted by atomic mass is 9.96. The number of carbonyl (C=O) groups is 1. The first-order chi connectivity index (χ1) is 11.6. The lowest BCUT2D eigenvalue weighted by molar-refractivity contribution is 0.0699. The number of halogens is 1. The first kappa shape index (κ1) is 16.4. The van der Waals surface area contributed by atoms with Gasteiger partial charge >= 0.3 is 0 Å². The maximum absolute atomic E-state index is 13.9. The van der Waals surface area contributed by atoms with E-state index in [4.69, 9.17) is 0 Å². The zero-order chi connectivity index (χ0) is 17.1. The lowest BCUT2D eigenvalue weighted by Crippen LogP contribution is -2.40. The van der Waals surface area contributed by atoms with Gasteiger partial charge in [-0.15, -0.1) is 0 Å². The molecule has 1 N–H and O–H groups in total. The Morgan fingerprint density at radius 3 is 2.96 bits per heavy atom. The molecule has 5 nitrogen and oxygen atoms in total. The Kier molecular flexibility index (Phi) is 4.74. The Labute approximate surface area is 139 Å². The Balaban J connectivity index is 1.82. The fraction of sp³-hybridized carbons (Fsp3) is 0.389. The molecule has 1 aromatic heterocycles. The molecule has 24 heavy (non-hydrogen) atoms. The predicted octanol–water partition coefficient (Wildman–Crippen LogP) is 2.49. The number of amides is 1. The molecular formula is C18H20FN3O2. The van der Waals surface area contributed by atoms with E-state index in [-0.39, 0.29) is 22.9 Å². The normalized spacial score (nSPS) is 17.8. The van der Waals surface area contributed by atoms with E-state index in [1.165, 1.54) is 18.2 Å². The molecule has 0 spiro atoms. The first-order valence-electron chi connectivity index (χ1n) is 8.22. The fourth-order valence-corrected chi connectivity index (χ4v) is 3.09. The maximum Gasteiger partial charge on any atom is 0.256 e. The van der Waals surface area contributed by atoms with Crippen molar-refractivity contribution in [2.45, 2.75) is 32.1 Å². The second-order valence-corrected chi connectivity index (χ2v) is 6.05. The second-order valence-electron chi connectivity index (χ2n) is 6.05. The number of carbonyl (C=O) groups excluding carboxylic acids is 1. The van der Waals surface area contributed by atoms with Crippen LogP contribution in [0, 0.1) is 5.82 Å². The molecule has 0 radical (unpaired) electrons. The molecule has 1 fully saturated rings. The second kappa shape index (κ2) is 6.95. The molecule has 0 aliphatic carbocycles. The monoisotopic (exact) mass is 329 g/mol. The van der Waals surface area contributed by atoms with Crippen LogP contribution >= 0.6 is 0 Å². The Morgan fingerprint density at radius 1 is 1.42 bits per heavy atom.